The summed E-state index contributed by atoms with van der Waals surface area (Å²) >= 11 is 1.34. The minimum Gasteiger partial charge on any atom is -0.462 e. The summed E-state index contributed by atoms with van der Waals surface area (Å²) in [5.74, 6) is -0.354. The number of hydrogen-bond donors (Lipinski definition) is 2. The van der Waals surface area contributed by atoms with E-state index < -0.39 is 0 Å². The number of carbonyl (C=O) groups excluding carboxylic acids is 1. The Morgan fingerprint density at radius 2 is 2.37 bits per heavy atom. The minimum absolute atomic E-state index is 0.231. The smallest absolute Gasteiger partial charge is 0.350 e. The van der Waals surface area contributed by atoms with Gasteiger partial charge in [0.15, 0.2) is 0 Å². The molecule has 0 aromatic carbocycles. The van der Waals surface area contributed by atoms with E-state index in [2.05, 4.69) is 5.32 Å². The van der Waals surface area contributed by atoms with Gasteiger partial charge in [-0.25, -0.2) is 4.79 Å². The Morgan fingerprint density at radius 3 is 3.05 bits per heavy atom. The molecule has 2 unspecified atom stereocenters. The summed E-state index contributed by atoms with van der Waals surface area (Å²) in [6, 6.07) is 2.08. The predicted molar refractivity (Wildman–Crippen MR) is 76.7 cm³/mol. The zero-order chi connectivity index (χ0) is 13.8. The van der Waals surface area contributed by atoms with Crippen molar-refractivity contribution in [1.82, 2.24) is 0 Å². The summed E-state index contributed by atoms with van der Waals surface area (Å²) < 4.78 is 10.4. The molecular formula is C13H20N2O3S. The molecule has 0 saturated heterocycles. The topological polar surface area (TPSA) is 73.6 Å². The number of nitrogens with two attached hydrogens (primary N) is 1. The van der Waals surface area contributed by atoms with Crippen molar-refractivity contribution in [1.29, 1.82) is 0 Å². The highest BCUT2D eigenvalue weighted by molar-refractivity contribution is 7.18. The normalized spacial score (nSPS) is 22.4. The van der Waals surface area contributed by atoms with Gasteiger partial charge in [0, 0.05) is 7.11 Å². The first-order valence-corrected chi connectivity index (χ1v) is 7.33. The van der Waals surface area contributed by atoms with Crippen LogP contribution in [0.3, 0.4) is 0 Å². The zero-order valence-corrected chi connectivity index (χ0v) is 12.1. The van der Waals surface area contributed by atoms with Crippen LogP contribution in [0, 0.1) is 0 Å². The van der Waals surface area contributed by atoms with Crippen LogP contribution >= 0.6 is 11.3 Å². The van der Waals surface area contributed by atoms with Gasteiger partial charge in [-0.05, 0) is 32.3 Å². The molecule has 5 nitrogen and oxygen atoms in total. The van der Waals surface area contributed by atoms with Crippen molar-refractivity contribution in [2.75, 3.05) is 24.8 Å². The molecular weight excluding hydrogens is 264 g/mol. The lowest BCUT2D eigenvalue weighted by molar-refractivity contribution is 0.0533. The second kappa shape index (κ2) is 6.25. The summed E-state index contributed by atoms with van der Waals surface area (Å²) in [5, 5.41) is 4.30. The Labute approximate surface area is 117 Å². The first kappa shape index (κ1) is 14.1. The van der Waals surface area contributed by atoms with Gasteiger partial charge in [-0.2, -0.15) is 0 Å². The molecule has 1 heterocycles. The lowest BCUT2D eigenvalue weighted by atomic mass is 10.2. The van der Waals surface area contributed by atoms with Crippen molar-refractivity contribution in [3.8, 4) is 0 Å². The third kappa shape index (κ3) is 3.19. The van der Waals surface area contributed by atoms with Crippen LogP contribution in [0.15, 0.2) is 6.07 Å². The number of ether oxygens (including phenoxy) is 2. The van der Waals surface area contributed by atoms with Crippen LogP contribution < -0.4 is 11.1 Å². The number of carbonyl (C=O) groups is 1. The monoisotopic (exact) mass is 284 g/mol. The number of nitrogens with one attached hydrogen (secondary N) is 1. The van der Waals surface area contributed by atoms with Gasteiger partial charge in [0.05, 0.1) is 29.4 Å². The van der Waals surface area contributed by atoms with E-state index in [0.29, 0.717) is 17.2 Å². The number of anilines is 2. The molecule has 1 saturated carbocycles. The molecule has 6 heteroatoms. The van der Waals surface area contributed by atoms with E-state index in [0.717, 1.165) is 24.3 Å². The molecule has 1 fully saturated rings. The molecule has 3 N–H and O–H groups in total. The fourth-order valence-electron chi connectivity index (χ4n) is 2.39. The van der Waals surface area contributed by atoms with Crippen LogP contribution in [-0.4, -0.2) is 31.8 Å². The van der Waals surface area contributed by atoms with Crippen molar-refractivity contribution < 1.29 is 14.3 Å². The second-order valence-electron chi connectivity index (χ2n) is 4.57. The Kier molecular flexibility index (Phi) is 4.66. The standard InChI is InChI=1S/C13H20N2O3S/c1-3-18-13(16)12-8(14)7-11(19-12)15-9-5-4-6-10(9)17-2/h7,9-10,15H,3-6,14H2,1-2H3. The molecule has 2 atom stereocenters. The molecule has 1 aliphatic carbocycles. The molecule has 106 valence electrons. The van der Waals surface area contributed by atoms with E-state index in [9.17, 15) is 4.79 Å². The maximum Gasteiger partial charge on any atom is 0.350 e. The molecule has 1 aromatic rings. The van der Waals surface area contributed by atoms with Crippen molar-refractivity contribution in [2.24, 2.45) is 0 Å². The average Bonchev–Trinajstić information content (AvgIpc) is 2.96. The third-order valence-corrected chi connectivity index (χ3v) is 4.37. The van der Waals surface area contributed by atoms with Crippen LogP contribution in [0.2, 0.25) is 0 Å². The Bertz CT molecular complexity index is 447. The van der Waals surface area contributed by atoms with E-state index in [1.165, 1.54) is 11.3 Å². The minimum atomic E-state index is -0.354. The fraction of sp³-hybridized carbons (Fsp3) is 0.615. The second-order valence-corrected chi connectivity index (χ2v) is 5.62. The first-order valence-electron chi connectivity index (χ1n) is 6.51. The first-order chi connectivity index (χ1) is 9.15. The van der Waals surface area contributed by atoms with Crippen LogP contribution in [0.1, 0.15) is 35.9 Å². The summed E-state index contributed by atoms with van der Waals surface area (Å²) in [5.41, 5.74) is 6.32. The van der Waals surface area contributed by atoms with E-state index >= 15 is 0 Å². The summed E-state index contributed by atoms with van der Waals surface area (Å²) in [6.45, 7) is 2.13. The van der Waals surface area contributed by atoms with Crippen molar-refractivity contribution >= 4 is 28.0 Å². The summed E-state index contributed by atoms with van der Waals surface area (Å²) in [4.78, 5) is 12.2. The van der Waals surface area contributed by atoms with Gasteiger partial charge in [-0.15, -0.1) is 11.3 Å². The van der Waals surface area contributed by atoms with Crippen LogP contribution in [0.25, 0.3) is 0 Å². The number of thiophene rings is 1. The number of nitrogen functional groups attached to an aromatic ring is 1. The third-order valence-electron chi connectivity index (χ3n) is 3.30. The Balaban J connectivity index is 2.05. The highest BCUT2D eigenvalue weighted by Gasteiger charge is 2.28. The van der Waals surface area contributed by atoms with Gasteiger partial charge < -0.3 is 20.5 Å². The number of rotatable bonds is 5. The van der Waals surface area contributed by atoms with Crippen LogP contribution in [0.4, 0.5) is 10.7 Å². The van der Waals surface area contributed by atoms with Gasteiger partial charge in [0.1, 0.15) is 4.88 Å². The molecule has 1 aliphatic rings. The quantitative estimate of drug-likeness (QED) is 0.813. The molecule has 0 aliphatic heterocycles. The van der Waals surface area contributed by atoms with Crippen molar-refractivity contribution in [3.63, 3.8) is 0 Å². The van der Waals surface area contributed by atoms with E-state index in [-0.39, 0.29) is 18.1 Å². The highest BCUT2D eigenvalue weighted by atomic mass is 32.1. The largest absolute Gasteiger partial charge is 0.462 e. The van der Waals surface area contributed by atoms with Gasteiger partial charge >= 0.3 is 5.97 Å². The van der Waals surface area contributed by atoms with Crippen molar-refractivity contribution in [3.05, 3.63) is 10.9 Å². The maximum atomic E-state index is 11.7. The van der Waals surface area contributed by atoms with Gasteiger partial charge in [-0.1, -0.05) is 0 Å². The van der Waals surface area contributed by atoms with Crippen LogP contribution in [0.5, 0.6) is 0 Å². The van der Waals surface area contributed by atoms with E-state index in [1.807, 2.05) is 0 Å². The molecule has 0 radical (unpaired) electrons. The molecule has 0 amide bonds. The predicted octanol–water partition coefficient (Wildman–Crippen LogP) is 2.49. The zero-order valence-electron chi connectivity index (χ0n) is 11.3. The van der Waals surface area contributed by atoms with Gasteiger partial charge in [0.2, 0.25) is 0 Å². The molecule has 0 spiro atoms. The lowest BCUT2D eigenvalue weighted by Crippen LogP contribution is -2.29. The van der Waals surface area contributed by atoms with E-state index in [4.69, 9.17) is 15.2 Å². The molecule has 2 rings (SSSR count). The highest BCUT2D eigenvalue weighted by Crippen LogP contribution is 2.33. The SMILES string of the molecule is CCOC(=O)c1sc(NC2CCCC2OC)cc1N. The number of esters is 1. The average molecular weight is 284 g/mol. The van der Waals surface area contributed by atoms with Crippen LogP contribution in [-0.2, 0) is 9.47 Å². The van der Waals surface area contributed by atoms with Gasteiger partial charge in [0.25, 0.3) is 0 Å². The Hall–Kier alpha value is -1.27. The van der Waals surface area contributed by atoms with Gasteiger partial charge in [-0.3, -0.25) is 0 Å². The summed E-state index contributed by atoms with van der Waals surface area (Å²) in [7, 11) is 1.73. The maximum absolute atomic E-state index is 11.7. The molecule has 1 aromatic heterocycles. The molecule has 19 heavy (non-hydrogen) atoms. The van der Waals surface area contributed by atoms with E-state index in [1.54, 1.807) is 20.1 Å². The summed E-state index contributed by atoms with van der Waals surface area (Å²) in [6.07, 6.45) is 3.53. The Morgan fingerprint density at radius 1 is 1.58 bits per heavy atom. The molecule has 0 bridgehead atoms. The van der Waals surface area contributed by atoms with Crippen molar-refractivity contribution in [2.45, 2.75) is 38.3 Å². The lowest BCUT2D eigenvalue weighted by Gasteiger charge is -2.19. The number of hydrogen-bond acceptors (Lipinski definition) is 6. The fourth-order valence-corrected chi connectivity index (χ4v) is 3.32. The number of methoxy groups -OCH3 is 1.